The Morgan fingerprint density at radius 3 is 1.75 bits per heavy atom. The van der Waals surface area contributed by atoms with Gasteiger partial charge in [0.2, 0.25) is 0 Å². The minimum Gasteiger partial charge on any atom is -0.509 e. The molecule has 2 aromatic carbocycles. The molecule has 0 fully saturated rings. The van der Waals surface area contributed by atoms with Gasteiger partial charge in [0, 0.05) is 0 Å². The normalized spacial score (nSPS) is 13.4. The molecule has 0 radical (unpaired) electrons. The van der Waals surface area contributed by atoms with Crippen molar-refractivity contribution in [2.75, 3.05) is 6.61 Å². The lowest BCUT2D eigenvalue weighted by atomic mass is 10.2. The minimum atomic E-state index is -2.85. The number of carbonyl (C=O) groups excluding carboxylic acids is 1. The van der Waals surface area contributed by atoms with Crippen LogP contribution >= 0.6 is 0 Å². The zero-order valence-electron chi connectivity index (χ0n) is 14.8. The van der Waals surface area contributed by atoms with Crippen molar-refractivity contribution < 1.29 is 14.3 Å². The summed E-state index contributed by atoms with van der Waals surface area (Å²) in [5.74, 6) is -0.876. The summed E-state index contributed by atoms with van der Waals surface area (Å²) < 4.78 is 6.27. The molecule has 128 valence electrons. The summed E-state index contributed by atoms with van der Waals surface area (Å²) in [6.07, 6.45) is 0. The molecular weight excluding hydrogens is 316 g/mol. The minimum absolute atomic E-state index is 0.211. The van der Waals surface area contributed by atoms with Gasteiger partial charge in [-0.3, -0.25) is 4.79 Å². The number of hydrogen-bond acceptors (Lipinski definition) is 3. The fraction of sp³-hybridized carbons (Fsp3) is 0.350. The monoisotopic (exact) mass is 342 g/mol. The summed E-state index contributed by atoms with van der Waals surface area (Å²) in [6.45, 7) is 7.85. The first-order chi connectivity index (χ1) is 11.3. The third-order valence-electron chi connectivity index (χ3n) is 4.35. The molecule has 24 heavy (non-hydrogen) atoms. The van der Waals surface area contributed by atoms with Crippen LogP contribution in [0.4, 0.5) is 0 Å². The predicted octanol–water partition coefficient (Wildman–Crippen LogP) is 2.72. The maximum Gasteiger partial charge on any atom is 0.323 e. The Bertz CT molecular complexity index is 623. The summed E-state index contributed by atoms with van der Waals surface area (Å²) in [5, 5.41) is 11.2. The van der Waals surface area contributed by atoms with Crippen molar-refractivity contribution in [2.24, 2.45) is 5.92 Å². The fourth-order valence-electron chi connectivity index (χ4n) is 2.98. The second-order valence-corrected chi connectivity index (χ2v) is 11.4. The molecular formula is C20H26O3Si. The van der Waals surface area contributed by atoms with Crippen LogP contribution in [0, 0.1) is 5.92 Å². The second-order valence-electron chi connectivity index (χ2n) is 7.17. The number of aliphatic hydroxyl groups is 1. The highest BCUT2D eigenvalue weighted by atomic mass is 28.4. The van der Waals surface area contributed by atoms with E-state index in [-0.39, 0.29) is 17.6 Å². The van der Waals surface area contributed by atoms with Crippen LogP contribution in [0.15, 0.2) is 60.7 Å². The Balaban J connectivity index is 2.68. The highest BCUT2D eigenvalue weighted by Crippen LogP contribution is 2.37. The predicted molar refractivity (Wildman–Crippen MR) is 100.0 cm³/mol. The SMILES string of the molecule is CC(CO)C(=O)O[Si](c1ccccc1)(c1ccccc1)C(C)(C)C. The second kappa shape index (κ2) is 7.32. The maximum absolute atomic E-state index is 12.6. The van der Waals surface area contributed by atoms with Crippen LogP contribution in [0.25, 0.3) is 0 Å². The Morgan fingerprint density at radius 1 is 1.00 bits per heavy atom. The molecule has 2 rings (SSSR count). The van der Waals surface area contributed by atoms with E-state index in [2.05, 4.69) is 20.8 Å². The lowest BCUT2D eigenvalue weighted by Gasteiger charge is -2.42. The average molecular weight is 343 g/mol. The van der Waals surface area contributed by atoms with Crippen molar-refractivity contribution in [3.05, 3.63) is 60.7 Å². The van der Waals surface area contributed by atoms with Gasteiger partial charge in [-0.1, -0.05) is 81.4 Å². The summed E-state index contributed by atoms with van der Waals surface area (Å²) in [5.41, 5.74) is 0. The molecule has 0 aliphatic carbocycles. The Kier molecular flexibility index (Phi) is 5.62. The van der Waals surface area contributed by atoms with Crippen LogP contribution in [0.2, 0.25) is 5.04 Å². The van der Waals surface area contributed by atoms with Crippen molar-refractivity contribution in [1.82, 2.24) is 0 Å². The molecule has 2 aromatic rings. The van der Waals surface area contributed by atoms with E-state index in [1.807, 2.05) is 60.7 Å². The van der Waals surface area contributed by atoms with E-state index in [1.165, 1.54) is 0 Å². The molecule has 0 saturated heterocycles. The topological polar surface area (TPSA) is 46.5 Å². The number of benzene rings is 2. The van der Waals surface area contributed by atoms with Gasteiger partial charge in [-0.05, 0) is 22.3 Å². The molecule has 0 saturated carbocycles. The van der Waals surface area contributed by atoms with E-state index < -0.39 is 14.2 Å². The summed E-state index contributed by atoms with van der Waals surface area (Å²) in [7, 11) is -2.85. The molecule has 0 bridgehead atoms. The van der Waals surface area contributed by atoms with Crippen LogP contribution in [0.3, 0.4) is 0 Å². The molecule has 0 spiro atoms. The third kappa shape index (κ3) is 3.45. The number of hydrogen-bond donors (Lipinski definition) is 1. The molecule has 1 unspecified atom stereocenters. The van der Waals surface area contributed by atoms with Gasteiger partial charge in [-0.25, -0.2) is 0 Å². The van der Waals surface area contributed by atoms with E-state index in [0.29, 0.717) is 0 Å². The fourth-order valence-corrected chi connectivity index (χ4v) is 7.41. The molecule has 0 heterocycles. The largest absolute Gasteiger partial charge is 0.509 e. The number of carbonyl (C=O) groups is 1. The third-order valence-corrected chi connectivity index (χ3v) is 9.26. The molecule has 1 N–H and O–H groups in total. The molecule has 3 nitrogen and oxygen atoms in total. The molecule has 0 aliphatic heterocycles. The average Bonchev–Trinajstić information content (AvgIpc) is 2.59. The van der Waals surface area contributed by atoms with E-state index in [1.54, 1.807) is 6.92 Å². The van der Waals surface area contributed by atoms with Crippen LogP contribution in [0.1, 0.15) is 27.7 Å². The molecule has 4 heteroatoms. The highest BCUT2D eigenvalue weighted by molar-refractivity contribution is 7.00. The van der Waals surface area contributed by atoms with E-state index in [4.69, 9.17) is 4.43 Å². The highest BCUT2D eigenvalue weighted by Gasteiger charge is 2.53. The van der Waals surface area contributed by atoms with E-state index in [0.717, 1.165) is 10.4 Å². The van der Waals surface area contributed by atoms with E-state index in [9.17, 15) is 9.90 Å². The van der Waals surface area contributed by atoms with Gasteiger partial charge in [0.15, 0.2) is 0 Å². The maximum atomic E-state index is 12.6. The Labute approximate surface area is 145 Å². The van der Waals surface area contributed by atoms with Gasteiger partial charge < -0.3 is 9.53 Å². The van der Waals surface area contributed by atoms with Gasteiger partial charge in [-0.15, -0.1) is 0 Å². The van der Waals surface area contributed by atoms with Crippen LogP contribution < -0.4 is 10.4 Å². The van der Waals surface area contributed by atoms with Crippen molar-refractivity contribution in [1.29, 1.82) is 0 Å². The molecule has 0 aromatic heterocycles. The van der Waals surface area contributed by atoms with Crippen LogP contribution in [0.5, 0.6) is 0 Å². The lowest BCUT2D eigenvalue weighted by Crippen LogP contribution is -2.67. The first kappa shape index (κ1) is 18.4. The van der Waals surface area contributed by atoms with Gasteiger partial charge in [0.25, 0.3) is 5.97 Å². The van der Waals surface area contributed by atoms with Gasteiger partial charge in [0.1, 0.15) is 0 Å². The molecule has 1 atom stereocenters. The number of rotatable bonds is 5. The smallest absolute Gasteiger partial charge is 0.323 e. The van der Waals surface area contributed by atoms with Crippen molar-refractivity contribution in [2.45, 2.75) is 32.7 Å². The summed E-state index contributed by atoms with van der Waals surface area (Å²) in [6, 6.07) is 20.0. The van der Waals surface area contributed by atoms with Gasteiger partial charge in [-0.2, -0.15) is 0 Å². The quantitative estimate of drug-likeness (QED) is 0.850. The summed E-state index contributed by atoms with van der Waals surface area (Å²) >= 11 is 0. The van der Waals surface area contributed by atoms with Crippen molar-refractivity contribution in [3.8, 4) is 0 Å². The van der Waals surface area contributed by atoms with Crippen molar-refractivity contribution >= 4 is 24.7 Å². The van der Waals surface area contributed by atoms with Gasteiger partial charge >= 0.3 is 8.32 Å². The van der Waals surface area contributed by atoms with Crippen LogP contribution in [-0.2, 0) is 9.22 Å². The van der Waals surface area contributed by atoms with E-state index >= 15 is 0 Å². The molecule has 0 aliphatic rings. The first-order valence-electron chi connectivity index (χ1n) is 8.27. The van der Waals surface area contributed by atoms with Crippen LogP contribution in [-0.4, -0.2) is 26.0 Å². The lowest BCUT2D eigenvalue weighted by molar-refractivity contribution is -0.140. The standard InChI is InChI=1S/C20H26O3Si/c1-16(15-21)19(22)23-24(20(2,3)4,17-11-7-5-8-12-17)18-13-9-6-10-14-18/h5-14,16,21H,15H2,1-4H3. The zero-order valence-corrected chi connectivity index (χ0v) is 15.8. The van der Waals surface area contributed by atoms with Gasteiger partial charge in [0.05, 0.1) is 12.5 Å². The molecule has 0 amide bonds. The Morgan fingerprint density at radius 2 is 1.42 bits per heavy atom. The summed E-state index contributed by atoms with van der Waals surface area (Å²) in [4.78, 5) is 12.6. The first-order valence-corrected chi connectivity index (χ1v) is 10.2. The number of aliphatic hydroxyl groups excluding tert-OH is 1. The zero-order chi connectivity index (χ0) is 17.8. The van der Waals surface area contributed by atoms with Crippen molar-refractivity contribution in [3.63, 3.8) is 0 Å². The Hall–Kier alpha value is -1.91.